The highest BCUT2D eigenvalue weighted by molar-refractivity contribution is 5.96. The number of carbonyl (C=O) groups excluding carboxylic acids is 1. The van der Waals surface area contributed by atoms with Crippen LogP contribution in [0.5, 0.6) is 11.5 Å². The highest BCUT2D eigenvalue weighted by Gasteiger charge is 2.26. The molecule has 1 N–H and O–H groups in total. The third kappa shape index (κ3) is 4.13. The molecule has 22 heavy (non-hydrogen) atoms. The molecule has 1 aromatic rings. The van der Waals surface area contributed by atoms with Crippen LogP contribution in [-0.4, -0.2) is 37.7 Å². The summed E-state index contributed by atoms with van der Waals surface area (Å²) in [6.07, 6.45) is 0. The summed E-state index contributed by atoms with van der Waals surface area (Å²) in [4.78, 5) is 25.1. The van der Waals surface area contributed by atoms with Gasteiger partial charge < -0.3 is 19.5 Å². The molecule has 6 heteroatoms. The minimum atomic E-state index is -0.950. The lowest BCUT2D eigenvalue weighted by atomic mass is 10.1. The van der Waals surface area contributed by atoms with Crippen LogP contribution in [0, 0.1) is 11.8 Å². The monoisotopic (exact) mass is 309 g/mol. The zero-order valence-corrected chi connectivity index (χ0v) is 13.6. The van der Waals surface area contributed by atoms with E-state index in [1.54, 1.807) is 39.0 Å². The third-order valence-corrected chi connectivity index (χ3v) is 3.32. The molecule has 0 aliphatic heterocycles. The number of aliphatic carboxylic acids is 1. The van der Waals surface area contributed by atoms with E-state index in [1.807, 2.05) is 0 Å². The van der Waals surface area contributed by atoms with Gasteiger partial charge in [-0.3, -0.25) is 9.59 Å². The van der Waals surface area contributed by atoms with Crippen molar-refractivity contribution >= 4 is 17.6 Å². The average Bonchev–Trinajstić information content (AvgIpc) is 2.50. The molecule has 0 aliphatic rings. The number of carboxylic acid groups (broad SMARTS) is 1. The van der Waals surface area contributed by atoms with Crippen LogP contribution in [-0.2, 0) is 9.59 Å². The second kappa shape index (κ2) is 7.68. The van der Waals surface area contributed by atoms with Crippen molar-refractivity contribution in [1.82, 2.24) is 0 Å². The second-order valence-corrected chi connectivity index (χ2v) is 5.38. The molecule has 0 aliphatic carbocycles. The largest absolute Gasteiger partial charge is 0.497 e. The summed E-state index contributed by atoms with van der Waals surface area (Å²) in [5, 5.41) is 9.12. The zero-order valence-electron chi connectivity index (χ0n) is 13.6. The molecule has 1 rings (SSSR count). The van der Waals surface area contributed by atoms with Gasteiger partial charge in [-0.2, -0.15) is 0 Å². The van der Waals surface area contributed by atoms with Crippen molar-refractivity contribution in [3.8, 4) is 11.5 Å². The summed E-state index contributed by atoms with van der Waals surface area (Å²) in [6.45, 7) is 5.20. The molecule has 0 spiro atoms. The topological polar surface area (TPSA) is 76.1 Å². The summed E-state index contributed by atoms with van der Waals surface area (Å²) in [6, 6.07) is 5.08. The Balaban J connectivity index is 3.26. The molecule has 0 heterocycles. The maximum Gasteiger partial charge on any atom is 0.308 e. The minimum absolute atomic E-state index is 0.0784. The van der Waals surface area contributed by atoms with Gasteiger partial charge >= 0.3 is 5.97 Å². The van der Waals surface area contributed by atoms with Crippen molar-refractivity contribution < 1.29 is 24.2 Å². The number of hydrogen-bond donors (Lipinski definition) is 1. The normalized spacial score (nSPS) is 11.9. The first kappa shape index (κ1) is 17.8. The zero-order chi connectivity index (χ0) is 16.9. The smallest absolute Gasteiger partial charge is 0.308 e. The lowest BCUT2D eigenvalue weighted by molar-refractivity contribution is -0.140. The molecule has 0 saturated carbocycles. The first-order chi connectivity index (χ1) is 10.3. The van der Waals surface area contributed by atoms with Crippen LogP contribution in [0.15, 0.2) is 18.2 Å². The Bertz CT molecular complexity index is 541. The molecule has 1 atom stereocenters. The molecule has 122 valence electrons. The van der Waals surface area contributed by atoms with Gasteiger partial charge in [0.2, 0.25) is 5.91 Å². The predicted molar refractivity (Wildman–Crippen MR) is 83.5 cm³/mol. The molecule has 6 nitrogen and oxygen atoms in total. The minimum Gasteiger partial charge on any atom is -0.497 e. The molecule has 1 aromatic carbocycles. The molecule has 0 saturated heterocycles. The fourth-order valence-electron chi connectivity index (χ4n) is 1.98. The van der Waals surface area contributed by atoms with Crippen LogP contribution < -0.4 is 14.4 Å². The number of methoxy groups -OCH3 is 2. The Labute approximate surface area is 130 Å². The number of ether oxygens (including phenoxy) is 2. The van der Waals surface area contributed by atoms with Gasteiger partial charge in [0.1, 0.15) is 11.5 Å². The second-order valence-electron chi connectivity index (χ2n) is 5.38. The highest BCUT2D eigenvalue weighted by Crippen LogP contribution is 2.33. The molecule has 0 radical (unpaired) electrons. The van der Waals surface area contributed by atoms with Crippen LogP contribution in [0.3, 0.4) is 0 Å². The number of amides is 1. The Morgan fingerprint density at radius 3 is 2.27 bits per heavy atom. The molecule has 0 fully saturated rings. The van der Waals surface area contributed by atoms with Crippen LogP contribution in [0.2, 0.25) is 0 Å². The fraction of sp³-hybridized carbons (Fsp3) is 0.500. The van der Waals surface area contributed by atoms with E-state index in [4.69, 9.17) is 14.6 Å². The van der Waals surface area contributed by atoms with Crippen molar-refractivity contribution in [3.05, 3.63) is 18.2 Å². The number of anilines is 1. The van der Waals surface area contributed by atoms with E-state index in [0.717, 1.165) is 0 Å². The van der Waals surface area contributed by atoms with E-state index in [-0.39, 0.29) is 18.4 Å². The predicted octanol–water partition coefficient (Wildman–Crippen LogP) is 2.41. The van der Waals surface area contributed by atoms with Gasteiger partial charge in [-0.05, 0) is 12.1 Å². The number of carbonyl (C=O) groups is 2. The SMILES string of the molecule is COc1ccc(N(CC(C)C(=O)O)C(=O)C(C)C)c(OC)c1. The van der Waals surface area contributed by atoms with E-state index in [1.165, 1.54) is 19.1 Å². The Kier molecular flexibility index (Phi) is 6.22. The van der Waals surface area contributed by atoms with Gasteiger partial charge in [-0.1, -0.05) is 20.8 Å². The van der Waals surface area contributed by atoms with Crippen molar-refractivity contribution in [2.75, 3.05) is 25.7 Å². The first-order valence-electron chi connectivity index (χ1n) is 7.08. The van der Waals surface area contributed by atoms with E-state index >= 15 is 0 Å². The van der Waals surface area contributed by atoms with Crippen LogP contribution in [0.25, 0.3) is 0 Å². The van der Waals surface area contributed by atoms with Gasteiger partial charge in [0.25, 0.3) is 0 Å². The number of carboxylic acids is 1. The van der Waals surface area contributed by atoms with E-state index in [0.29, 0.717) is 17.2 Å². The van der Waals surface area contributed by atoms with Gasteiger partial charge in [0.15, 0.2) is 0 Å². The maximum absolute atomic E-state index is 12.5. The van der Waals surface area contributed by atoms with Crippen molar-refractivity contribution in [1.29, 1.82) is 0 Å². The summed E-state index contributed by atoms with van der Waals surface area (Å²) < 4.78 is 10.5. The quantitative estimate of drug-likeness (QED) is 0.837. The Hall–Kier alpha value is -2.24. The summed E-state index contributed by atoms with van der Waals surface area (Å²) >= 11 is 0. The summed E-state index contributed by atoms with van der Waals surface area (Å²) in [5.74, 6) is -0.984. The molecule has 0 aromatic heterocycles. The summed E-state index contributed by atoms with van der Waals surface area (Å²) in [7, 11) is 3.04. The maximum atomic E-state index is 12.5. The van der Waals surface area contributed by atoms with Gasteiger partial charge in [0.05, 0.1) is 25.8 Å². The molecule has 1 unspecified atom stereocenters. The third-order valence-electron chi connectivity index (χ3n) is 3.32. The molecular weight excluding hydrogens is 286 g/mol. The molecule has 1 amide bonds. The highest BCUT2D eigenvalue weighted by atomic mass is 16.5. The van der Waals surface area contributed by atoms with Crippen LogP contribution >= 0.6 is 0 Å². The standard InChI is InChI=1S/C16H23NO5/c1-10(2)15(18)17(9-11(3)16(19)20)13-7-6-12(21-4)8-14(13)22-5/h6-8,10-11H,9H2,1-5H3,(H,19,20). The Morgan fingerprint density at radius 2 is 1.82 bits per heavy atom. The first-order valence-corrected chi connectivity index (χ1v) is 7.08. The van der Waals surface area contributed by atoms with Gasteiger partial charge in [0, 0.05) is 18.5 Å². The van der Waals surface area contributed by atoms with E-state index < -0.39 is 11.9 Å². The number of hydrogen-bond acceptors (Lipinski definition) is 4. The molecule has 0 bridgehead atoms. The van der Waals surface area contributed by atoms with Crippen molar-refractivity contribution in [2.24, 2.45) is 11.8 Å². The van der Waals surface area contributed by atoms with Gasteiger partial charge in [-0.25, -0.2) is 0 Å². The van der Waals surface area contributed by atoms with E-state index in [2.05, 4.69) is 0 Å². The number of benzene rings is 1. The van der Waals surface area contributed by atoms with Crippen molar-refractivity contribution in [3.63, 3.8) is 0 Å². The van der Waals surface area contributed by atoms with Crippen molar-refractivity contribution in [2.45, 2.75) is 20.8 Å². The van der Waals surface area contributed by atoms with E-state index in [9.17, 15) is 9.59 Å². The average molecular weight is 309 g/mol. The molecular formula is C16H23NO5. The van der Waals surface area contributed by atoms with Crippen LogP contribution in [0.4, 0.5) is 5.69 Å². The fourth-order valence-corrected chi connectivity index (χ4v) is 1.98. The lowest BCUT2D eigenvalue weighted by Gasteiger charge is -2.28. The lowest BCUT2D eigenvalue weighted by Crippen LogP contribution is -2.39. The van der Waals surface area contributed by atoms with Crippen LogP contribution in [0.1, 0.15) is 20.8 Å². The summed E-state index contributed by atoms with van der Waals surface area (Å²) in [5.41, 5.74) is 0.537. The Morgan fingerprint density at radius 1 is 1.18 bits per heavy atom. The number of rotatable bonds is 7. The van der Waals surface area contributed by atoms with Gasteiger partial charge in [-0.15, -0.1) is 0 Å². The number of nitrogens with zero attached hydrogens (tertiary/aromatic N) is 1.